The highest BCUT2D eigenvalue weighted by atomic mass is 16.6. The van der Waals surface area contributed by atoms with Gasteiger partial charge in [0.1, 0.15) is 5.60 Å². The molecule has 25 heavy (non-hydrogen) atoms. The smallest absolute Gasteiger partial charge is 0.410 e. The van der Waals surface area contributed by atoms with E-state index < -0.39 is 5.60 Å². The van der Waals surface area contributed by atoms with E-state index in [0.29, 0.717) is 13.1 Å². The molecule has 2 aliphatic heterocycles. The van der Waals surface area contributed by atoms with Crippen molar-refractivity contribution in [3.63, 3.8) is 0 Å². The molecular weight excluding hydrogens is 316 g/mol. The number of hydrogen-bond acceptors (Lipinski definition) is 3. The molecule has 132 valence electrons. The molecule has 0 atom stereocenters. The van der Waals surface area contributed by atoms with Crippen LogP contribution in [-0.2, 0) is 14.9 Å². The Morgan fingerprint density at radius 2 is 2.04 bits per heavy atom. The van der Waals surface area contributed by atoms with E-state index in [-0.39, 0.29) is 17.4 Å². The zero-order valence-corrected chi connectivity index (χ0v) is 15.0. The highest BCUT2D eigenvalue weighted by molar-refractivity contribution is 6.08. The van der Waals surface area contributed by atoms with Crippen molar-refractivity contribution < 1.29 is 14.3 Å². The minimum absolute atomic E-state index is 0.147. The maximum absolute atomic E-state index is 12.2. The topological polar surface area (TPSA) is 58.6 Å². The Hall–Kier alpha value is -2.30. The molecule has 0 radical (unpaired) electrons. The number of carbonyl (C=O) groups is 2. The van der Waals surface area contributed by atoms with E-state index in [9.17, 15) is 9.59 Å². The third-order valence-corrected chi connectivity index (χ3v) is 5.20. The van der Waals surface area contributed by atoms with Gasteiger partial charge in [0.15, 0.2) is 0 Å². The Labute approximate surface area is 148 Å². The summed E-state index contributed by atoms with van der Waals surface area (Å²) in [7, 11) is 0. The highest BCUT2D eigenvalue weighted by Gasteiger charge is 2.56. The number of amides is 2. The van der Waals surface area contributed by atoms with Crippen molar-refractivity contribution in [1.29, 1.82) is 0 Å². The van der Waals surface area contributed by atoms with Gasteiger partial charge in [0.2, 0.25) is 5.91 Å². The lowest BCUT2D eigenvalue weighted by Gasteiger charge is -2.29. The summed E-state index contributed by atoms with van der Waals surface area (Å²) < 4.78 is 5.43. The van der Waals surface area contributed by atoms with Gasteiger partial charge >= 0.3 is 6.09 Å². The number of fused-ring (bicyclic) bond motifs is 2. The predicted octanol–water partition coefficient (Wildman–Crippen LogP) is 3.69. The molecule has 1 fully saturated rings. The molecule has 4 rings (SSSR count). The first-order chi connectivity index (χ1) is 11.8. The van der Waals surface area contributed by atoms with E-state index in [1.807, 2.05) is 20.8 Å². The molecule has 0 unspecified atom stereocenters. The Kier molecular flexibility index (Phi) is 3.46. The standard InChI is InChI=1S/C20H24N2O3/c1-19(2,3)25-18(24)22-10-6-13(7-11-22)14-4-5-15-16(12-14)21-17(23)20(15)8-9-20/h4-6,12H,7-11H2,1-3H3,(H,21,23). The van der Waals surface area contributed by atoms with Crippen LogP contribution in [0.3, 0.4) is 0 Å². The van der Waals surface area contributed by atoms with Gasteiger partial charge in [0, 0.05) is 18.8 Å². The third kappa shape index (κ3) is 2.81. The van der Waals surface area contributed by atoms with Crippen molar-refractivity contribution in [1.82, 2.24) is 4.90 Å². The minimum Gasteiger partial charge on any atom is -0.444 e. The second-order valence-electron chi connectivity index (χ2n) is 8.20. The van der Waals surface area contributed by atoms with Crippen LogP contribution in [-0.4, -0.2) is 35.6 Å². The fourth-order valence-corrected chi connectivity index (χ4v) is 3.67. The molecule has 0 bridgehead atoms. The van der Waals surface area contributed by atoms with E-state index in [1.54, 1.807) is 4.90 Å². The number of nitrogens with zero attached hydrogens (tertiary/aromatic N) is 1. The summed E-state index contributed by atoms with van der Waals surface area (Å²) in [6.45, 7) is 6.83. The number of ether oxygens (including phenoxy) is 1. The van der Waals surface area contributed by atoms with Crippen molar-refractivity contribution in [3.8, 4) is 0 Å². The van der Waals surface area contributed by atoms with Crippen molar-refractivity contribution in [3.05, 3.63) is 35.4 Å². The van der Waals surface area contributed by atoms with Gasteiger partial charge in [-0.3, -0.25) is 4.79 Å². The quantitative estimate of drug-likeness (QED) is 0.848. The van der Waals surface area contributed by atoms with E-state index in [2.05, 4.69) is 29.6 Å². The first kappa shape index (κ1) is 16.2. The van der Waals surface area contributed by atoms with Gasteiger partial charge in [0.05, 0.1) is 5.41 Å². The lowest BCUT2D eigenvalue weighted by molar-refractivity contribution is -0.117. The van der Waals surface area contributed by atoms with Crippen molar-refractivity contribution in [2.24, 2.45) is 0 Å². The van der Waals surface area contributed by atoms with Crippen LogP contribution in [0.1, 0.15) is 51.2 Å². The SMILES string of the molecule is CC(C)(C)OC(=O)N1CC=C(c2ccc3c(c2)NC(=O)C32CC2)CC1. The zero-order chi connectivity index (χ0) is 17.8. The van der Waals surface area contributed by atoms with Gasteiger partial charge < -0.3 is 15.0 Å². The fourth-order valence-electron chi connectivity index (χ4n) is 3.67. The van der Waals surface area contributed by atoms with Crippen LogP contribution < -0.4 is 5.32 Å². The van der Waals surface area contributed by atoms with Crippen molar-refractivity contribution >= 4 is 23.3 Å². The number of anilines is 1. The van der Waals surface area contributed by atoms with Crippen molar-refractivity contribution in [2.45, 2.75) is 51.0 Å². The molecule has 1 spiro atoms. The molecule has 0 saturated heterocycles. The Morgan fingerprint density at radius 3 is 2.64 bits per heavy atom. The molecule has 0 aromatic heterocycles. The largest absolute Gasteiger partial charge is 0.444 e. The Bertz CT molecular complexity index is 785. The van der Waals surface area contributed by atoms with Crippen LogP contribution in [0.5, 0.6) is 0 Å². The number of rotatable bonds is 1. The summed E-state index contributed by atoms with van der Waals surface area (Å²) in [6.07, 6.45) is 4.52. The summed E-state index contributed by atoms with van der Waals surface area (Å²) in [6, 6.07) is 6.28. The molecule has 1 saturated carbocycles. The first-order valence-electron chi connectivity index (χ1n) is 8.92. The number of nitrogens with one attached hydrogen (secondary N) is 1. The van der Waals surface area contributed by atoms with E-state index in [4.69, 9.17) is 4.74 Å². The number of carbonyl (C=O) groups excluding carboxylic acids is 2. The van der Waals surface area contributed by atoms with Crippen LogP contribution in [0.2, 0.25) is 0 Å². The molecule has 2 heterocycles. The average molecular weight is 340 g/mol. The van der Waals surface area contributed by atoms with Crippen LogP contribution in [0.4, 0.5) is 10.5 Å². The second kappa shape index (κ2) is 5.35. The molecule has 1 aromatic rings. The molecule has 2 amide bonds. The Morgan fingerprint density at radius 1 is 1.28 bits per heavy atom. The zero-order valence-electron chi connectivity index (χ0n) is 15.0. The van der Waals surface area contributed by atoms with Gasteiger partial charge in [-0.15, -0.1) is 0 Å². The maximum atomic E-state index is 12.2. The maximum Gasteiger partial charge on any atom is 0.410 e. The molecule has 1 N–H and O–H groups in total. The molecule has 3 aliphatic rings. The van der Waals surface area contributed by atoms with E-state index >= 15 is 0 Å². The summed E-state index contributed by atoms with van der Waals surface area (Å²) in [5.41, 5.74) is 3.73. The van der Waals surface area contributed by atoms with Crippen LogP contribution in [0.15, 0.2) is 24.3 Å². The first-order valence-corrected chi connectivity index (χ1v) is 8.92. The second-order valence-corrected chi connectivity index (χ2v) is 8.20. The molecule has 5 nitrogen and oxygen atoms in total. The summed E-state index contributed by atoms with van der Waals surface area (Å²) in [5.74, 6) is 0.147. The summed E-state index contributed by atoms with van der Waals surface area (Å²) in [5, 5.41) is 3.03. The fraction of sp³-hybridized carbons (Fsp3) is 0.500. The van der Waals surface area contributed by atoms with Gasteiger partial charge in [-0.25, -0.2) is 4.79 Å². The van der Waals surface area contributed by atoms with Gasteiger partial charge in [0.25, 0.3) is 0 Å². The lowest BCUT2D eigenvalue weighted by Crippen LogP contribution is -2.39. The minimum atomic E-state index is -0.474. The average Bonchev–Trinajstić information content (AvgIpc) is 3.30. The van der Waals surface area contributed by atoms with Gasteiger partial charge in [-0.2, -0.15) is 0 Å². The third-order valence-electron chi connectivity index (χ3n) is 5.20. The van der Waals surface area contributed by atoms with Crippen LogP contribution in [0, 0.1) is 0 Å². The van der Waals surface area contributed by atoms with Gasteiger partial charge in [-0.1, -0.05) is 18.2 Å². The number of benzene rings is 1. The van der Waals surface area contributed by atoms with Crippen LogP contribution >= 0.6 is 0 Å². The predicted molar refractivity (Wildman–Crippen MR) is 96.4 cm³/mol. The normalized spacial score (nSPS) is 20.8. The summed E-state index contributed by atoms with van der Waals surface area (Å²) in [4.78, 5) is 26.0. The van der Waals surface area contributed by atoms with E-state index in [0.717, 1.165) is 36.1 Å². The molecule has 5 heteroatoms. The monoisotopic (exact) mass is 340 g/mol. The summed E-state index contributed by atoms with van der Waals surface area (Å²) >= 11 is 0. The molecule has 1 aromatic carbocycles. The molecule has 1 aliphatic carbocycles. The van der Waals surface area contributed by atoms with Crippen LogP contribution in [0.25, 0.3) is 5.57 Å². The molecular formula is C20H24N2O3. The van der Waals surface area contributed by atoms with Crippen molar-refractivity contribution in [2.75, 3.05) is 18.4 Å². The van der Waals surface area contributed by atoms with Gasteiger partial charge in [-0.05, 0) is 62.8 Å². The lowest BCUT2D eigenvalue weighted by atomic mass is 9.93. The highest BCUT2D eigenvalue weighted by Crippen LogP contribution is 2.55. The van der Waals surface area contributed by atoms with E-state index in [1.165, 1.54) is 5.57 Å². The Balaban J connectivity index is 1.49. The number of hydrogen-bond donors (Lipinski definition) is 1.